The first kappa shape index (κ1) is 11.2. The summed E-state index contributed by atoms with van der Waals surface area (Å²) in [4.78, 5) is 22.9. The molecule has 0 spiro atoms. The number of rotatable bonds is 2. The third-order valence-electron chi connectivity index (χ3n) is 2.50. The monoisotopic (exact) mass is 232 g/mol. The van der Waals surface area contributed by atoms with Gasteiger partial charge in [0, 0.05) is 11.8 Å². The van der Waals surface area contributed by atoms with Crippen LogP contribution >= 0.6 is 0 Å². The number of hydrogen-bond acceptors (Lipinski definition) is 3. The number of benzene rings is 1. The largest absolute Gasteiger partial charge is 0.421 e. The van der Waals surface area contributed by atoms with Crippen molar-refractivity contribution in [3.63, 3.8) is 0 Å². The van der Waals surface area contributed by atoms with Crippen LogP contribution in [-0.4, -0.2) is 14.5 Å². The van der Waals surface area contributed by atoms with Crippen LogP contribution in [0.4, 0.5) is 0 Å². The number of hydrogen-bond donors (Lipinski definition) is 1. The smallest absolute Gasteiger partial charge is 0.364 e. The average Bonchev–Trinajstić information content (AvgIpc) is 2.35. The number of aryl methyl sites for hydroxylation is 1. The second kappa shape index (κ2) is 4.29. The van der Waals surface area contributed by atoms with Gasteiger partial charge in [0.25, 0.3) is 5.56 Å². The van der Waals surface area contributed by atoms with Crippen LogP contribution in [0.15, 0.2) is 46.1 Å². The summed E-state index contributed by atoms with van der Waals surface area (Å²) in [6.45, 7) is 1.87. The Morgan fingerprint density at radius 2 is 1.82 bits per heavy atom. The third-order valence-corrected chi connectivity index (χ3v) is 2.50. The van der Waals surface area contributed by atoms with Gasteiger partial charge in [-0.15, -0.1) is 0 Å². The zero-order chi connectivity index (χ0) is 12.4. The molecule has 5 nitrogen and oxygen atoms in total. The molecule has 0 aliphatic carbocycles. The van der Waals surface area contributed by atoms with Gasteiger partial charge in [-0.2, -0.15) is 0 Å². The van der Waals surface area contributed by atoms with Gasteiger partial charge in [0.15, 0.2) is 0 Å². The van der Waals surface area contributed by atoms with E-state index in [2.05, 4.69) is 0 Å². The highest BCUT2D eigenvalue weighted by atomic mass is 16.5. The lowest BCUT2D eigenvalue weighted by Gasteiger charge is -2.07. The lowest BCUT2D eigenvalue weighted by atomic mass is 10.2. The molecule has 88 valence electrons. The molecule has 0 amide bonds. The van der Waals surface area contributed by atoms with E-state index in [-0.39, 0.29) is 4.73 Å². The summed E-state index contributed by atoms with van der Waals surface area (Å²) in [5.41, 5.74) is -0.167. The Labute approximate surface area is 97.1 Å². The van der Waals surface area contributed by atoms with E-state index in [0.29, 0.717) is 12.1 Å². The second-order valence-electron chi connectivity index (χ2n) is 3.83. The Hall–Kier alpha value is -2.30. The molecule has 1 aromatic carbocycles. The van der Waals surface area contributed by atoms with Crippen molar-refractivity contribution in [2.24, 2.45) is 0 Å². The summed E-state index contributed by atoms with van der Waals surface area (Å²) < 4.78 is 1.43. The van der Waals surface area contributed by atoms with Crippen LogP contribution in [0.2, 0.25) is 0 Å². The topological polar surface area (TPSA) is 64.2 Å². The fourth-order valence-electron chi connectivity index (χ4n) is 1.61. The molecule has 17 heavy (non-hydrogen) atoms. The van der Waals surface area contributed by atoms with E-state index in [0.717, 1.165) is 5.56 Å². The van der Waals surface area contributed by atoms with E-state index in [1.54, 1.807) is 6.92 Å². The van der Waals surface area contributed by atoms with E-state index < -0.39 is 11.2 Å². The SMILES string of the molecule is Cc1cn(Cc2ccccc2)c(=O)n(O)c1=O. The van der Waals surface area contributed by atoms with Gasteiger partial charge in [-0.1, -0.05) is 35.1 Å². The van der Waals surface area contributed by atoms with Crippen LogP contribution < -0.4 is 11.2 Å². The molecule has 0 unspecified atom stereocenters. The summed E-state index contributed by atoms with van der Waals surface area (Å²) in [5, 5.41) is 9.32. The fraction of sp³-hybridized carbons (Fsp3) is 0.167. The molecule has 0 aliphatic heterocycles. The van der Waals surface area contributed by atoms with E-state index >= 15 is 0 Å². The zero-order valence-electron chi connectivity index (χ0n) is 9.33. The van der Waals surface area contributed by atoms with Gasteiger partial charge in [0.05, 0.1) is 6.54 Å². The highest BCUT2D eigenvalue weighted by Gasteiger charge is 2.07. The lowest BCUT2D eigenvalue weighted by molar-refractivity contribution is 0.154. The van der Waals surface area contributed by atoms with E-state index in [1.165, 1.54) is 10.8 Å². The molecular formula is C12H12N2O3. The van der Waals surface area contributed by atoms with E-state index in [9.17, 15) is 14.8 Å². The molecule has 0 saturated carbocycles. The van der Waals surface area contributed by atoms with Crippen molar-refractivity contribution in [3.8, 4) is 0 Å². The maximum Gasteiger partial charge on any atom is 0.364 e. The van der Waals surface area contributed by atoms with E-state index in [1.807, 2.05) is 30.3 Å². The van der Waals surface area contributed by atoms with Crippen molar-refractivity contribution in [1.29, 1.82) is 0 Å². The lowest BCUT2D eigenvalue weighted by Crippen LogP contribution is -2.39. The molecule has 1 aromatic heterocycles. The Bertz CT molecular complexity index is 641. The Morgan fingerprint density at radius 1 is 1.18 bits per heavy atom. The summed E-state index contributed by atoms with van der Waals surface area (Å²) in [6.07, 6.45) is 1.45. The van der Waals surface area contributed by atoms with Crippen LogP contribution in [0.25, 0.3) is 0 Å². The number of nitrogens with zero attached hydrogens (tertiary/aromatic N) is 2. The molecule has 0 bridgehead atoms. The first-order valence-electron chi connectivity index (χ1n) is 5.16. The molecule has 1 N–H and O–H groups in total. The van der Waals surface area contributed by atoms with Gasteiger partial charge >= 0.3 is 5.69 Å². The zero-order valence-corrected chi connectivity index (χ0v) is 9.33. The normalized spacial score (nSPS) is 10.4. The molecule has 0 radical (unpaired) electrons. The summed E-state index contributed by atoms with van der Waals surface area (Å²) in [7, 11) is 0. The molecule has 0 aliphatic rings. The highest BCUT2D eigenvalue weighted by molar-refractivity contribution is 5.15. The van der Waals surface area contributed by atoms with Gasteiger partial charge < -0.3 is 5.21 Å². The van der Waals surface area contributed by atoms with Crippen molar-refractivity contribution in [2.75, 3.05) is 0 Å². The standard InChI is InChI=1S/C12H12N2O3/c1-9-7-13(12(16)14(17)11(9)15)8-10-5-3-2-4-6-10/h2-7,17H,8H2,1H3. The minimum Gasteiger partial charge on any atom is -0.421 e. The molecular weight excluding hydrogens is 220 g/mol. The fourth-order valence-corrected chi connectivity index (χ4v) is 1.61. The third kappa shape index (κ3) is 2.13. The Morgan fingerprint density at radius 3 is 2.47 bits per heavy atom. The second-order valence-corrected chi connectivity index (χ2v) is 3.83. The average molecular weight is 232 g/mol. The highest BCUT2D eigenvalue weighted by Crippen LogP contribution is 2.00. The Balaban J connectivity index is 2.48. The summed E-state index contributed by atoms with van der Waals surface area (Å²) in [6, 6.07) is 9.35. The van der Waals surface area contributed by atoms with Crippen LogP contribution in [0.5, 0.6) is 0 Å². The van der Waals surface area contributed by atoms with Crippen LogP contribution in [0.3, 0.4) is 0 Å². The first-order valence-corrected chi connectivity index (χ1v) is 5.16. The van der Waals surface area contributed by atoms with Gasteiger partial charge in [0.2, 0.25) is 0 Å². The predicted molar refractivity (Wildman–Crippen MR) is 62.4 cm³/mol. The molecule has 2 rings (SSSR count). The van der Waals surface area contributed by atoms with Gasteiger partial charge in [-0.05, 0) is 12.5 Å². The van der Waals surface area contributed by atoms with Crippen molar-refractivity contribution in [2.45, 2.75) is 13.5 Å². The first-order chi connectivity index (χ1) is 8.09. The maximum atomic E-state index is 11.6. The maximum absolute atomic E-state index is 11.6. The van der Waals surface area contributed by atoms with Crippen LogP contribution in [0.1, 0.15) is 11.1 Å². The molecule has 2 aromatic rings. The molecule has 5 heteroatoms. The van der Waals surface area contributed by atoms with Crippen molar-refractivity contribution < 1.29 is 5.21 Å². The summed E-state index contributed by atoms with van der Waals surface area (Å²) >= 11 is 0. The quantitative estimate of drug-likeness (QED) is 0.771. The molecule has 0 atom stereocenters. The molecule has 1 heterocycles. The van der Waals surface area contributed by atoms with Crippen LogP contribution in [-0.2, 0) is 6.54 Å². The minimum atomic E-state index is -0.732. The molecule has 0 fully saturated rings. The van der Waals surface area contributed by atoms with Gasteiger partial charge in [-0.25, -0.2) is 4.79 Å². The van der Waals surface area contributed by atoms with Crippen LogP contribution in [0, 0.1) is 6.92 Å². The predicted octanol–water partition coefficient (Wildman–Crippen LogP) is 0.604. The minimum absolute atomic E-state index is 0.137. The van der Waals surface area contributed by atoms with Gasteiger partial charge in [0.1, 0.15) is 0 Å². The summed E-state index contributed by atoms with van der Waals surface area (Å²) in [5.74, 6) is 0. The van der Waals surface area contributed by atoms with Gasteiger partial charge in [-0.3, -0.25) is 9.36 Å². The Kier molecular flexibility index (Phi) is 2.82. The molecule has 0 saturated heterocycles. The van der Waals surface area contributed by atoms with Crippen molar-refractivity contribution in [3.05, 3.63) is 68.5 Å². The van der Waals surface area contributed by atoms with E-state index in [4.69, 9.17) is 0 Å². The number of aromatic nitrogens is 2. The van der Waals surface area contributed by atoms with Crippen molar-refractivity contribution >= 4 is 0 Å². The van der Waals surface area contributed by atoms with Crippen molar-refractivity contribution in [1.82, 2.24) is 9.30 Å².